The van der Waals surface area contributed by atoms with Gasteiger partial charge in [0.2, 0.25) is 5.89 Å². The van der Waals surface area contributed by atoms with Crippen LogP contribution < -0.4 is 9.84 Å². The molecule has 1 unspecified atom stereocenters. The quantitative estimate of drug-likeness (QED) is 0.233. The van der Waals surface area contributed by atoms with Gasteiger partial charge in [0.05, 0.1) is 39.9 Å². The Morgan fingerprint density at radius 3 is 2.24 bits per heavy atom. The Balaban J connectivity index is 0.000000507. The summed E-state index contributed by atoms with van der Waals surface area (Å²) in [7, 11) is 4.38. The molecule has 1 aliphatic rings. The summed E-state index contributed by atoms with van der Waals surface area (Å²) in [5, 5.41) is 29.4. The van der Waals surface area contributed by atoms with E-state index in [9.17, 15) is 19.8 Å². The fourth-order valence-electron chi connectivity index (χ4n) is 5.21. The molecule has 0 aliphatic heterocycles. The number of nitrogens with zero attached hydrogens (tertiary/aromatic N) is 2. The average Bonchev–Trinajstić information content (AvgIpc) is 3.44. The number of aliphatic carboxylic acids is 2. The van der Waals surface area contributed by atoms with Crippen molar-refractivity contribution < 1.29 is 38.5 Å². The number of hydrogen-bond acceptors (Lipinski definition) is 7. The molecule has 2 aromatic carbocycles. The highest BCUT2D eigenvalue weighted by Crippen LogP contribution is 2.43. The first-order valence-electron chi connectivity index (χ1n) is 14.2. The molecule has 41 heavy (non-hydrogen) atoms. The van der Waals surface area contributed by atoms with Crippen LogP contribution in [0, 0.1) is 5.92 Å². The SMILES string of the molecule is C[N+](C)(CCCOc1ccccc1)Cc1cnc(C(O)(c2ccccc2)C2CCCCC2)o1.O=C([O-])CCC(=O)O. The van der Waals surface area contributed by atoms with Gasteiger partial charge < -0.3 is 33.8 Å². The van der Waals surface area contributed by atoms with Crippen LogP contribution in [0.5, 0.6) is 5.75 Å². The normalized spacial score (nSPS) is 15.3. The molecule has 0 saturated heterocycles. The summed E-state index contributed by atoms with van der Waals surface area (Å²) in [5.41, 5.74) is -0.308. The molecule has 1 saturated carbocycles. The number of rotatable bonds is 13. The van der Waals surface area contributed by atoms with E-state index in [0.29, 0.717) is 19.0 Å². The molecule has 9 nitrogen and oxygen atoms in total. The number of aromatic nitrogens is 1. The van der Waals surface area contributed by atoms with E-state index in [1.54, 1.807) is 6.20 Å². The van der Waals surface area contributed by atoms with E-state index < -0.39 is 24.0 Å². The van der Waals surface area contributed by atoms with Gasteiger partial charge >= 0.3 is 5.97 Å². The third-order valence-electron chi connectivity index (χ3n) is 7.34. The van der Waals surface area contributed by atoms with E-state index >= 15 is 0 Å². The van der Waals surface area contributed by atoms with E-state index in [2.05, 4.69) is 19.1 Å². The monoisotopic (exact) mass is 566 g/mol. The lowest BCUT2D eigenvalue weighted by molar-refractivity contribution is -0.904. The van der Waals surface area contributed by atoms with Crippen LogP contribution in [0.1, 0.15) is 68.6 Å². The van der Waals surface area contributed by atoms with Crippen molar-refractivity contribution in [1.82, 2.24) is 4.98 Å². The average molecular weight is 567 g/mol. The van der Waals surface area contributed by atoms with Crippen molar-refractivity contribution in [2.45, 2.75) is 63.5 Å². The van der Waals surface area contributed by atoms with Gasteiger partial charge in [-0.1, -0.05) is 67.8 Å². The van der Waals surface area contributed by atoms with Crippen molar-refractivity contribution in [3.63, 3.8) is 0 Å². The Kier molecular flexibility index (Phi) is 11.9. The van der Waals surface area contributed by atoms with E-state index in [1.165, 1.54) is 6.42 Å². The fourth-order valence-corrected chi connectivity index (χ4v) is 5.21. The maximum Gasteiger partial charge on any atom is 0.303 e. The predicted molar refractivity (Wildman–Crippen MR) is 152 cm³/mol. The zero-order valence-electron chi connectivity index (χ0n) is 24.0. The Bertz CT molecular complexity index is 1190. The van der Waals surface area contributed by atoms with Crippen molar-refractivity contribution in [3.05, 3.63) is 84.1 Å². The maximum absolute atomic E-state index is 12.0. The van der Waals surface area contributed by atoms with E-state index in [1.807, 2.05) is 60.7 Å². The zero-order valence-corrected chi connectivity index (χ0v) is 24.0. The van der Waals surface area contributed by atoms with Gasteiger partial charge in [0.15, 0.2) is 11.4 Å². The summed E-state index contributed by atoms with van der Waals surface area (Å²) >= 11 is 0. The van der Waals surface area contributed by atoms with Crippen LogP contribution in [0.4, 0.5) is 0 Å². The smallest absolute Gasteiger partial charge is 0.303 e. The van der Waals surface area contributed by atoms with Gasteiger partial charge in [-0.2, -0.15) is 0 Å². The highest BCUT2D eigenvalue weighted by Gasteiger charge is 2.44. The molecule has 0 radical (unpaired) electrons. The molecule has 1 aromatic heterocycles. The second-order valence-electron chi connectivity index (χ2n) is 11.2. The van der Waals surface area contributed by atoms with Crippen LogP contribution in [0.15, 0.2) is 71.3 Å². The van der Waals surface area contributed by atoms with Crippen molar-refractivity contribution in [3.8, 4) is 5.75 Å². The van der Waals surface area contributed by atoms with Crippen molar-refractivity contribution in [2.24, 2.45) is 5.92 Å². The van der Waals surface area contributed by atoms with Crippen LogP contribution in [-0.4, -0.2) is 58.9 Å². The molecule has 0 bridgehead atoms. The number of carboxylic acid groups (broad SMARTS) is 2. The molecule has 222 valence electrons. The van der Waals surface area contributed by atoms with E-state index in [-0.39, 0.29) is 12.3 Å². The summed E-state index contributed by atoms with van der Waals surface area (Å²) in [6, 6.07) is 19.8. The van der Waals surface area contributed by atoms with Gasteiger partial charge in [-0.05, 0) is 37.0 Å². The molecule has 1 fully saturated rings. The number of carboxylic acids is 2. The number of ether oxygens (including phenoxy) is 1. The minimum absolute atomic E-state index is 0.123. The Labute approximate surface area is 242 Å². The molecule has 1 aliphatic carbocycles. The highest BCUT2D eigenvalue weighted by atomic mass is 16.5. The van der Waals surface area contributed by atoms with Crippen LogP contribution >= 0.6 is 0 Å². The molecular weight excluding hydrogens is 524 g/mol. The second-order valence-corrected chi connectivity index (χ2v) is 11.2. The summed E-state index contributed by atoms with van der Waals surface area (Å²) in [4.78, 5) is 23.8. The van der Waals surface area contributed by atoms with Gasteiger partial charge in [-0.3, -0.25) is 4.79 Å². The minimum atomic E-state index is -1.33. The Hall–Kier alpha value is -3.69. The van der Waals surface area contributed by atoms with Crippen molar-refractivity contribution in [2.75, 3.05) is 27.2 Å². The van der Waals surface area contributed by atoms with Gasteiger partial charge in [-0.25, -0.2) is 4.98 Å². The third kappa shape index (κ3) is 10.0. The molecule has 2 N–H and O–H groups in total. The number of aliphatic hydroxyl groups is 1. The Morgan fingerprint density at radius 1 is 1.02 bits per heavy atom. The standard InChI is InChI=1S/C28H37N2O3.C4H6O4/c1-30(2,19-12-20-32-25-17-10-5-11-18-25)22-26-21-29-27(33-26)28(31,23-13-6-3-7-14-23)24-15-8-4-9-16-24;5-3(6)1-2-4(7)8/h3,5-7,10-11,13-14,17-18,21,24,31H,4,8-9,12,15-16,19-20,22H2,1-2H3;1-2H2,(H,5,6)(H,7,8)/q+1;/p-1. The zero-order chi connectivity index (χ0) is 29.7. The van der Waals surface area contributed by atoms with Crippen LogP contribution in [-0.2, 0) is 21.7 Å². The molecular formula is C32H42N2O7. The molecule has 0 spiro atoms. The Morgan fingerprint density at radius 2 is 1.66 bits per heavy atom. The number of oxazole rings is 1. The van der Waals surface area contributed by atoms with Crippen molar-refractivity contribution >= 4 is 11.9 Å². The number of quaternary nitrogens is 1. The maximum atomic E-state index is 12.0. The lowest BCUT2D eigenvalue weighted by Crippen LogP contribution is -2.40. The van der Waals surface area contributed by atoms with Crippen LogP contribution in [0.3, 0.4) is 0 Å². The second kappa shape index (κ2) is 15.3. The first-order valence-corrected chi connectivity index (χ1v) is 14.2. The molecule has 4 rings (SSSR count). The predicted octanol–water partition coefficient (Wildman–Crippen LogP) is 4.14. The van der Waals surface area contributed by atoms with Crippen LogP contribution in [0.2, 0.25) is 0 Å². The molecule has 3 aromatic rings. The summed E-state index contributed by atoms with van der Waals surface area (Å²) in [6.07, 6.45) is 7.48. The van der Waals surface area contributed by atoms with Gasteiger partial charge in [-0.15, -0.1) is 0 Å². The van der Waals surface area contributed by atoms with Gasteiger partial charge in [0, 0.05) is 18.3 Å². The van der Waals surface area contributed by atoms with Crippen molar-refractivity contribution in [1.29, 1.82) is 0 Å². The summed E-state index contributed by atoms with van der Waals surface area (Å²) < 4.78 is 12.9. The number of carbonyl (C=O) groups is 2. The number of benzene rings is 2. The minimum Gasteiger partial charge on any atom is -0.550 e. The van der Waals surface area contributed by atoms with E-state index in [4.69, 9.17) is 14.3 Å². The van der Waals surface area contributed by atoms with Gasteiger partial charge in [0.1, 0.15) is 12.3 Å². The largest absolute Gasteiger partial charge is 0.550 e. The van der Waals surface area contributed by atoms with E-state index in [0.717, 1.165) is 60.2 Å². The number of hydrogen-bond donors (Lipinski definition) is 2. The third-order valence-corrected chi connectivity index (χ3v) is 7.34. The van der Waals surface area contributed by atoms with Gasteiger partial charge in [0.25, 0.3) is 0 Å². The molecule has 1 heterocycles. The molecule has 1 atom stereocenters. The van der Waals surface area contributed by atoms with Crippen LogP contribution in [0.25, 0.3) is 0 Å². The lowest BCUT2D eigenvalue weighted by atomic mass is 9.73. The summed E-state index contributed by atoms with van der Waals surface area (Å²) in [6.45, 7) is 2.35. The number of carbonyl (C=O) groups excluding carboxylic acids is 1. The number of para-hydroxylation sites is 1. The topological polar surface area (TPSA) is 133 Å². The lowest BCUT2D eigenvalue weighted by Gasteiger charge is -2.36. The first kappa shape index (κ1) is 31.8. The summed E-state index contributed by atoms with van der Waals surface area (Å²) in [5.74, 6) is -0.169. The highest BCUT2D eigenvalue weighted by molar-refractivity contribution is 5.74. The molecule has 0 amide bonds. The fraction of sp³-hybridized carbons (Fsp3) is 0.469. The molecule has 9 heteroatoms. The first-order chi connectivity index (χ1) is 19.6.